The molecular weight excluding hydrogens is 365 g/mol. The fourth-order valence-electron chi connectivity index (χ4n) is 2.65. The summed E-state index contributed by atoms with van der Waals surface area (Å²) in [6.07, 6.45) is 0. The maximum atomic E-state index is 13.9. The third-order valence-corrected chi connectivity index (χ3v) is 4.86. The van der Waals surface area contributed by atoms with E-state index in [1.165, 1.54) is 28.2 Å². The van der Waals surface area contributed by atoms with Crippen molar-refractivity contribution >= 4 is 33.3 Å². The van der Waals surface area contributed by atoms with Crippen molar-refractivity contribution in [3.63, 3.8) is 0 Å². The van der Waals surface area contributed by atoms with Crippen molar-refractivity contribution in [3.8, 4) is 11.2 Å². The van der Waals surface area contributed by atoms with Crippen molar-refractivity contribution in [1.82, 2.24) is 14.8 Å². The third-order valence-electron chi connectivity index (χ3n) is 3.87. The summed E-state index contributed by atoms with van der Waals surface area (Å²) >= 11 is 1.28. The molecule has 0 unspecified atom stereocenters. The predicted octanol–water partition coefficient (Wildman–Crippen LogP) is 4.05. The molecule has 2 heterocycles. The van der Waals surface area contributed by atoms with Gasteiger partial charge in [-0.1, -0.05) is 23.5 Å². The molecule has 0 spiro atoms. The number of fused-ring (bicyclic) bond motifs is 1. The van der Waals surface area contributed by atoms with Gasteiger partial charge in [0.1, 0.15) is 17.2 Å². The van der Waals surface area contributed by atoms with Crippen LogP contribution < -0.4 is 5.32 Å². The Bertz CT molecular complexity index is 1220. The molecule has 0 aliphatic heterocycles. The number of aromatic nitrogens is 3. The number of halogens is 1. The van der Waals surface area contributed by atoms with E-state index in [2.05, 4.69) is 15.4 Å². The Morgan fingerprint density at radius 1 is 1.26 bits per heavy atom. The van der Waals surface area contributed by atoms with Crippen LogP contribution in [-0.2, 0) is 0 Å². The number of para-hydroxylation sites is 1. The van der Waals surface area contributed by atoms with Crippen molar-refractivity contribution in [2.75, 3.05) is 5.32 Å². The molecule has 2 aromatic carbocycles. The highest BCUT2D eigenvalue weighted by Crippen LogP contribution is 2.28. The second kappa shape index (κ2) is 6.63. The third kappa shape index (κ3) is 3.16. The molecule has 0 aliphatic rings. The Labute approximate surface area is 157 Å². The molecule has 6 nitrogen and oxygen atoms in total. The van der Waals surface area contributed by atoms with Gasteiger partial charge < -0.3 is 5.32 Å². The molecule has 0 radical (unpaired) electrons. The molecule has 0 bridgehead atoms. The van der Waals surface area contributed by atoms with Gasteiger partial charge in [-0.3, -0.25) is 4.79 Å². The second-order valence-corrected chi connectivity index (χ2v) is 6.82. The Hall–Kier alpha value is -3.57. The number of nitriles is 1. The average Bonchev–Trinajstić information content (AvgIpc) is 3.26. The van der Waals surface area contributed by atoms with Gasteiger partial charge in [-0.2, -0.15) is 15.0 Å². The molecule has 4 aromatic rings. The fourth-order valence-corrected chi connectivity index (χ4v) is 3.59. The highest BCUT2D eigenvalue weighted by atomic mass is 32.1. The molecular formula is C19H12FN5OS. The van der Waals surface area contributed by atoms with E-state index in [0.717, 1.165) is 0 Å². The smallest absolute Gasteiger partial charge is 0.256 e. The average molecular weight is 377 g/mol. The summed E-state index contributed by atoms with van der Waals surface area (Å²) in [6.45, 7) is 1.79. The van der Waals surface area contributed by atoms with E-state index in [4.69, 9.17) is 5.26 Å². The maximum absolute atomic E-state index is 13.9. The number of benzene rings is 2. The summed E-state index contributed by atoms with van der Waals surface area (Å²) in [5, 5.41) is 16.6. The monoisotopic (exact) mass is 377 g/mol. The van der Waals surface area contributed by atoms with Gasteiger partial charge in [0.05, 0.1) is 22.0 Å². The summed E-state index contributed by atoms with van der Waals surface area (Å²) in [4.78, 5) is 16.9. The first-order valence-electron chi connectivity index (χ1n) is 7.99. The van der Waals surface area contributed by atoms with Crippen LogP contribution in [0.2, 0.25) is 0 Å². The molecule has 0 fully saturated rings. The number of rotatable bonds is 3. The molecule has 132 valence electrons. The minimum Gasteiger partial charge on any atom is -0.306 e. The van der Waals surface area contributed by atoms with Crippen molar-refractivity contribution in [1.29, 1.82) is 5.26 Å². The van der Waals surface area contributed by atoms with Gasteiger partial charge in [0.2, 0.25) is 5.13 Å². The largest absolute Gasteiger partial charge is 0.306 e. The van der Waals surface area contributed by atoms with Gasteiger partial charge in [0, 0.05) is 11.6 Å². The normalized spacial score (nSPS) is 10.7. The van der Waals surface area contributed by atoms with Gasteiger partial charge in [0.15, 0.2) is 0 Å². The lowest BCUT2D eigenvalue weighted by Crippen LogP contribution is -2.15. The number of carbonyl (C=O) groups is 1. The number of hydrogen-bond acceptors (Lipinski definition) is 5. The van der Waals surface area contributed by atoms with E-state index in [0.29, 0.717) is 32.5 Å². The number of thiazole rings is 1. The number of amides is 1. The van der Waals surface area contributed by atoms with Crippen LogP contribution in [0, 0.1) is 24.1 Å². The lowest BCUT2D eigenvalue weighted by atomic mass is 10.1. The fraction of sp³-hybridized carbons (Fsp3) is 0.0526. The van der Waals surface area contributed by atoms with Gasteiger partial charge in [0.25, 0.3) is 5.91 Å². The van der Waals surface area contributed by atoms with Crippen LogP contribution in [0.4, 0.5) is 10.2 Å². The number of nitrogens with one attached hydrogen (secondary N) is 1. The van der Waals surface area contributed by atoms with Gasteiger partial charge in [-0.05, 0) is 37.3 Å². The van der Waals surface area contributed by atoms with Gasteiger partial charge in [-0.15, -0.1) is 0 Å². The van der Waals surface area contributed by atoms with Crippen LogP contribution in [0.5, 0.6) is 0 Å². The van der Waals surface area contributed by atoms with Crippen LogP contribution in [0.15, 0.2) is 48.5 Å². The van der Waals surface area contributed by atoms with E-state index in [9.17, 15) is 9.18 Å². The van der Waals surface area contributed by atoms with Crippen LogP contribution in [-0.4, -0.2) is 20.7 Å². The lowest BCUT2D eigenvalue weighted by molar-refractivity contribution is 0.102. The maximum Gasteiger partial charge on any atom is 0.256 e. The number of carbonyl (C=O) groups excluding carboxylic acids is 1. The molecule has 27 heavy (non-hydrogen) atoms. The standard InChI is InChI=1S/C19H12FN5OS/c1-11-8-16(22-18(26)13-5-2-4-12(9-13)10-21)25(24-11)19-23-17-14(20)6-3-7-15(17)27-19/h2-9H,1H3,(H,22,26). The highest BCUT2D eigenvalue weighted by Gasteiger charge is 2.16. The van der Waals surface area contributed by atoms with Crippen molar-refractivity contribution in [2.45, 2.75) is 6.92 Å². The molecule has 0 atom stereocenters. The van der Waals surface area contributed by atoms with Crippen LogP contribution in [0.25, 0.3) is 15.3 Å². The number of nitrogens with zero attached hydrogens (tertiary/aromatic N) is 4. The molecule has 0 saturated carbocycles. The molecule has 4 rings (SSSR count). The van der Waals surface area contributed by atoms with E-state index in [1.807, 2.05) is 6.07 Å². The SMILES string of the molecule is Cc1cc(NC(=O)c2cccc(C#N)c2)n(-c2nc3c(F)cccc3s2)n1. The van der Waals surface area contributed by atoms with Crippen LogP contribution in [0.1, 0.15) is 21.6 Å². The number of anilines is 1. The Balaban J connectivity index is 1.71. The van der Waals surface area contributed by atoms with Crippen molar-refractivity contribution in [3.05, 3.63) is 71.2 Å². The first-order chi connectivity index (χ1) is 13.0. The second-order valence-electron chi connectivity index (χ2n) is 5.81. The molecule has 1 amide bonds. The summed E-state index contributed by atoms with van der Waals surface area (Å²) in [5.41, 5.74) is 1.70. The van der Waals surface area contributed by atoms with E-state index < -0.39 is 5.82 Å². The first kappa shape index (κ1) is 16.9. The van der Waals surface area contributed by atoms with Gasteiger partial charge >= 0.3 is 0 Å². The minimum absolute atomic E-state index is 0.268. The summed E-state index contributed by atoms with van der Waals surface area (Å²) in [5.74, 6) is -0.363. The highest BCUT2D eigenvalue weighted by molar-refractivity contribution is 7.20. The zero-order chi connectivity index (χ0) is 19.0. The van der Waals surface area contributed by atoms with Gasteiger partial charge in [-0.25, -0.2) is 9.37 Å². The predicted molar refractivity (Wildman–Crippen MR) is 101 cm³/mol. The van der Waals surface area contributed by atoms with E-state index >= 15 is 0 Å². The summed E-state index contributed by atoms with van der Waals surface area (Å²) in [6, 6.07) is 14.9. The van der Waals surface area contributed by atoms with Crippen molar-refractivity contribution < 1.29 is 9.18 Å². The molecule has 0 aliphatic carbocycles. The van der Waals surface area contributed by atoms with Crippen LogP contribution >= 0.6 is 11.3 Å². The Kier molecular flexibility index (Phi) is 4.14. The Morgan fingerprint density at radius 3 is 2.85 bits per heavy atom. The number of aryl methyl sites for hydroxylation is 1. The van der Waals surface area contributed by atoms with Crippen molar-refractivity contribution in [2.24, 2.45) is 0 Å². The summed E-state index contributed by atoms with van der Waals surface area (Å²) < 4.78 is 16.1. The minimum atomic E-state index is -0.405. The first-order valence-corrected chi connectivity index (χ1v) is 8.80. The summed E-state index contributed by atoms with van der Waals surface area (Å²) in [7, 11) is 0. The lowest BCUT2D eigenvalue weighted by Gasteiger charge is -2.06. The quantitative estimate of drug-likeness (QED) is 0.584. The zero-order valence-electron chi connectivity index (χ0n) is 14.1. The molecule has 1 N–H and O–H groups in total. The van der Waals surface area contributed by atoms with Crippen LogP contribution in [0.3, 0.4) is 0 Å². The zero-order valence-corrected chi connectivity index (χ0v) is 14.9. The molecule has 8 heteroatoms. The molecule has 0 saturated heterocycles. The topological polar surface area (TPSA) is 83.6 Å². The molecule has 2 aromatic heterocycles. The Morgan fingerprint density at radius 2 is 2.07 bits per heavy atom. The van der Waals surface area contributed by atoms with E-state index in [-0.39, 0.29) is 11.4 Å². The number of hydrogen-bond donors (Lipinski definition) is 1. The van der Waals surface area contributed by atoms with E-state index in [1.54, 1.807) is 43.3 Å².